The van der Waals surface area contributed by atoms with E-state index in [1.165, 1.54) is 0 Å². The first-order valence-electron chi connectivity index (χ1n) is 6.11. The molecule has 98 valence electrons. The van der Waals surface area contributed by atoms with Gasteiger partial charge in [-0.1, -0.05) is 24.8 Å². The number of anilines is 2. The number of rotatable bonds is 5. The third-order valence-corrected chi connectivity index (χ3v) is 2.59. The SMILES string of the molecule is C=Cn1cc(Nc2ccccc2)ccc1=NCCO. The lowest BCUT2D eigenvalue weighted by molar-refractivity contribution is 0.305. The van der Waals surface area contributed by atoms with Crippen LogP contribution in [-0.4, -0.2) is 22.8 Å². The van der Waals surface area contributed by atoms with Crippen molar-refractivity contribution in [2.75, 3.05) is 18.5 Å². The van der Waals surface area contributed by atoms with Gasteiger partial charge in [0.25, 0.3) is 0 Å². The second-order valence-corrected chi connectivity index (χ2v) is 3.96. The molecule has 0 aliphatic carbocycles. The molecular formula is C15H17N3O. The number of nitrogens with one attached hydrogen (secondary N) is 1. The van der Waals surface area contributed by atoms with E-state index in [-0.39, 0.29) is 6.61 Å². The van der Waals surface area contributed by atoms with Gasteiger partial charge in [-0.15, -0.1) is 0 Å². The van der Waals surface area contributed by atoms with Crippen molar-refractivity contribution in [2.24, 2.45) is 4.99 Å². The zero-order valence-corrected chi connectivity index (χ0v) is 10.7. The highest BCUT2D eigenvalue weighted by Crippen LogP contribution is 2.14. The number of benzene rings is 1. The topological polar surface area (TPSA) is 49.5 Å². The number of hydrogen-bond donors (Lipinski definition) is 2. The molecule has 0 bridgehead atoms. The predicted molar refractivity (Wildman–Crippen MR) is 78.1 cm³/mol. The van der Waals surface area contributed by atoms with Crippen LogP contribution in [0, 0.1) is 0 Å². The van der Waals surface area contributed by atoms with Gasteiger partial charge in [0.15, 0.2) is 0 Å². The molecule has 2 rings (SSSR count). The first-order valence-corrected chi connectivity index (χ1v) is 6.11. The van der Waals surface area contributed by atoms with Crippen LogP contribution in [0.2, 0.25) is 0 Å². The van der Waals surface area contributed by atoms with Gasteiger partial charge in [0.2, 0.25) is 0 Å². The molecule has 0 unspecified atom stereocenters. The van der Waals surface area contributed by atoms with Gasteiger partial charge in [0.05, 0.1) is 18.8 Å². The molecule has 1 heterocycles. The number of nitrogens with zero attached hydrogens (tertiary/aromatic N) is 2. The molecule has 0 amide bonds. The summed E-state index contributed by atoms with van der Waals surface area (Å²) in [6, 6.07) is 13.8. The summed E-state index contributed by atoms with van der Waals surface area (Å²) < 4.78 is 1.82. The maximum absolute atomic E-state index is 8.80. The van der Waals surface area contributed by atoms with Crippen LogP contribution in [-0.2, 0) is 0 Å². The number of aromatic nitrogens is 1. The van der Waals surface area contributed by atoms with E-state index in [0.717, 1.165) is 16.9 Å². The van der Waals surface area contributed by atoms with Gasteiger partial charge in [-0.05, 0) is 24.3 Å². The van der Waals surface area contributed by atoms with E-state index in [1.807, 2.05) is 53.2 Å². The summed E-state index contributed by atoms with van der Waals surface area (Å²) in [6.07, 6.45) is 3.60. The zero-order chi connectivity index (χ0) is 13.5. The lowest BCUT2D eigenvalue weighted by atomic mass is 10.3. The summed E-state index contributed by atoms with van der Waals surface area (Å²) in [5, 5.41) is 12.1. The van der Waals surface area contributed by atoms with E-state index in [0.29, 0.717) is 6.54 Å². The summed E-state index contributed by atoms with van der Waals surface area (Å²) in [6.45, 7) is 4.19. The maximum Gasteiger partial charge on any atom is 0.131 e. The molecule has 1 aromatic heterocycles. The fourth-order valence-electron chi connectivity index (χ4n) is 1.72. The average Bonchev–Trinajstić information content (AvgIpc) is 2.47. The molecule has 0 saturated heterocycles. The summed E-state index contributed by atoms with van der Waals surface area (Å²) in [5.74, 6) is 0. The fraction of sp³-hybridized carbons (Fsp3) is 0.133. The largest absolute Gasteiger partial charge is 0.394 e. The molecule has 0 aliphatic heterocycles. The maximum atomic E-state index is 8.80. The van der Waals surface area contributed by atoms with E-state index in [4.69, 9.17) is 5.11 Å². The number of aliphatic hydroxyl groups excluding tert-OH is 1. The minimum atomic E-state index is 0.0428. The van der Waals surface area contributed by atoms with Crippen LogP contribution in [0.15, 0.2) is 60.2 Å². The zero-order valence-electron chi connectivity index (χ0n) is 10.7. The molecule has 2 aromatic rings. The Labute approximate surface area is 112 Å². The van der Waals surface area contributed by atoms with E-state index in [1.54, 1.807) is 6.20 Å². The Morgan fingerprint density at radius 3 is 2.63 bits per heavy atom. The summed E-state index contributed by atoms with van der Waals surface area (Å²) in [7, 11) is 0. The average molecular weight is 255 g/mol. The van der Waals surface area contributed by atoms with Crippen LogP contribution in [0.5, 0.6) is 0 Å². The fourth-order valence-corrected chi connectivity index (χ4v) is 1.72. The second kappa shape index (κ2) is 6.56. The molecule has 4 heteroatoms. The highest BCUT2D eigenvalue weighted by Gasteiger charge is 1.96. The molecular weight excluding hydrogens is 238 g/mol. The van der Waals surface area contributed by atoms with Crippen molar-refractivity contribution in [2.45, 2.75) is 0 Å². The van der Waals surface area contributed by atoms with Gasteiger partial charge in [0, 0.05) is 18.1 Å². The van der Waals surface area contributed by atoms with E-state index in [9.17, 15) is 0 Å². The Bertz CT molecular complexity index is 602. The normalized spacial score (nSPS) is 11.3. The van der Waals surface area contributed by atoms with Crippen molar-refractivity contribution in [3.05, 3.63) is 60.7 Å². The molecule has 19 heavy (non-hydrogen) atoms. The molecule has 0 saturated carbocycles. The summed E-state index contributed by atoms with van der Waals surface area (Å²) in [5.41, 5.74) is 2.75. The Kier molecular flexibility index (Phi) is 4.53. The predicted octanol–water partition coefficient (Wildman–Crippen LogP) is 2.23. The van der Waals surface area contributed by atoms with Crippen molar-refractivity contribution in [3.8, 4) is 0 Å². The standard InChI is InChI=1S/C15H17N3O/c1-2-18-12-14(8-9-15(18)16-10-11-19)17-13-6-4-3-5-7-13/h2-9,12,17,19H,1,10-11H2. The monoisotopic (exact) mass is 255 g/mol. The minimum absolute atomic E-state index is 0.0428. The van der Waals surface area contributed by atoms with Crippen molar-refractivity contribution < 1.29 is 5.11 Å². The quantitative estimate of drug-likeness (QED) is 0.860. The van der Waals surface area contributed by atoms with Crippen LogP contribution >= 0.6 is 0 Å². The van der Waals surface area contributed by atoms with Crippen molar-refractivity contribution in [1.29, 1.82) is 0 Å². The third-order valence-electron chi connectivity index (χ3n) is 2.59. The van der Waals surface area contributed by atoms with Gasteiger partial charge in [-0.3, -0.25) is 4.99 Å². The number of hydrogen-bond acceptors (Lipinski definition) is 3. The van der Waals surface area contributed by atoms with Crippen LogP contribution in [0.1, 0.15) is 0 Å². The molecule has 4 nitrogen and oxygen atoms in total. The van der Waals surface area contributed by atoms with Crippen molar-refractivity contribution in [1.82, 2.24) is 4.57 Å². The molecule has 0 radical (unpaired) electrons. The van der Waals surface area contributed by atoms with Crippen LogP contribution < -0.4 is 10.8 Å². The number of pyridine rings is 1. The number of para-hydroxylation sites is 1. The highest BCUT2D eigenvalue weighted by molar-refractivity contribution is 5.58. The van der Waals surface area contributed by atoms with Gasteiger partial charge < -0.3 is 15.0 Å². The Balaban J connectivity index is 2.27. The van der Waals surface area contributed by atoms with Gasteiger partial charge in [0.1, 0.15) is 5.49 Å². The molecule has 1 aromatic carbocycles. The van der Waals surface area contributed by atoms with Crippen LogP contribution in [0.25, 0.3) is 6.20 Å². The summed E-state index contributed by atoms with van der Waals surface area (Å²) in [4.78, 5) is 4.26. The smallest absolute Gasteiger partial charge is 0.131 e. The van der Waals surface area contributed by atoms with Crippen LogP contribution in [0.3, 0.4) is 0 Å². The summed E-state index contributed by atoms with van der Waals surface area (Å²) >= 11 is 0. The van der Waals surface area contributed by atoms with Crippen molar-refractivity contribution >= 4 is 17.6 Å². The first kappa shape index (κ1) is 13.1. The van der Waals surface area contributed by atoms with Crippen molar-refractivity contribution in [3.63, 3.8) is 0 Å². The molecule has 2 N–H and O–H groups in total. The second-order valence-electron chi connectivity index (χ2n) is 3.96. The highest BCUT2D eigenvalue weighted by atomic mass is 16.3. The van der Waals surface area contributed by atoms with E-state index >= 15 is 0 Å². The van der Waals surface area contributed by atoms with Gasteiger partial charge in [-0.2, -0.15) is 0 Å². The Morgan fingerprint density at radius 2 is 1.95 bits per heavy atom. The first-order chi connectivity index (χ1) is 9.33. The minimum Gasteiger partial charge on any atom is -0.394 e. The lowest BCUT2D eigenvalue weighted by Gasteiger charge is -2.08. The van der Waals surface area contributed by atoms with Gasteiger partial charge in [-0.25, -0.2) is 0 Å². The molecule has 0 spiro atoms. The Hall–Kier alpha value is -2.33. The number of aliphatic hydroxyl groups is 1. The molecule has 0 aliphatic rings. The molecule has 0 fully saturated rings. The Morgan fingerprint density at radius 1 is 1.16 bits per heavy atom. The molecule has 0 atom stereocenters. The van der Waals surface area contributed by atoms with Crippen LogP contribution in [0.4, 0.5) is 11.4 Å². The van der Waals surface area contributed by atoms with E-state index in [2.05, 4.69) is 16.9 Å². The van der Waals surface area contributed by atoms with E-state index < -0.39 is 0 Å². The van der Waals surface area contributed by atoms with Gasteiger partial charge >= 0.3 is 0 Å². The third kappa shape index (κ3) is 3.56. The lowest BCUT2D eigenvalue weighted by Crippen LogP contribution is -2.17.